The number of aliphatic imine (C=N–C) groups is 1. The van der Waals surface area contributed by atoms with Crippen LogP contribution in [-0.4, -0.2) is 22.2 Å². The highest BCUT2D eigenvalue weighted by atomic mass is 32.2. The number of amides is 2. The van der Waals surface area contributed by atoms with Crippen molar-refractivity contribution in [2.75, 3.05) is 4.90 Å². The second kappa shape index (κ2) is 7.80. The van der Waals surface area contributed by atoms with Gasteiger partial charge in [0.2, 0.25) is 11.8 Å². The third-order valence-corrected chi connectivity index (χ3v) is 4.66. The lowest BCUT2D eigenvalue weighted by molar-refractivity contribution is -0.121. The summed E-state index contributed by atoms with van der Waals surface area (Å²) >= 11 is 1.02. The molecule has 1 atom stereocenters. The summed E-state index contributed by atoms with van der Waals surface area (Å²) in [6.45, 7) is 0. The largest absolute Gasteiger partial charge is 0.274 e. The Labute approximate surface area is 153 Å². The number of hydrogen-bond donors (Lipinski definition) is 1. The van der Waals surface area contributed by atoms with E-state index in [1.807, 2.05) is 6.07 Å². The van der Waals surface area contributed by atoms with Gasteiger partial charge in [0.25, 0.3) is 0 Å². The molecule has 1 fully saturated rings. The van der Waals surface area contributed by atoms with Gasteiger partial charge in [0.15, 0.2) is 11.4 Å². The molecule has 2 amide bonds. The maximum absolute atomic E-state index is 13.1. The number of nitrogens with one attached hydrogen (secondary N) is 1. The highest BCUT2D eigenvalue weighted by Crippen LogP contribution is 2.30. The lowest BCUT2D eigenvalue weighted by Gasteiger charge is -2.15. The highest BCUT2D eigenvalue weighted by molar-refractivity contribution is 8.15. The second-order valence-corrected chi connectivity index (χ2v) is 6.54. The van der Waals surface area contributed by atoms with Crippen molar-refractivity contribution in [3.63, 3.8) is 0 Å². The van der Waals surface area contributed by atoms with Crippen LogP contribution in [0.15, 0.2) is 59.6 Å². The van der Waals surface area contributed by atoms with E-state index in [0.29, 0.717) is 11.4 Å². The third kappa shape index (κ3) is 3.90. The molecule has 1 heterocycles. The van der Waals surface area contributed by atoms with Gasteiger partial charge >= 0.3 is 0 Å². The Morgan fingerprint density at radius 3 is 2.54 bits per heavy atom. The fourth-order valence-electron chi connectivity index (χ4n) is 2.44. The topological polar surface area (TPSA) is 85.6 Å². The van der Waals surface area contributed by atoms with E-state index in [-0.39, 0.29) is 17.5 Å². The van der Waals surface area contributed by atoms with E-state index in [9.17, 15) is 14.0 Å². The summed E-state index contributed by atoms with van der Waals surface area (Å²) < 4.78 is 13.1. The predicted molar refractivity (Wildman–Crippen MR) is 97.2 cm³/mol. The van der Waals surface area contributed by atoms with E-state index in [2.05, 4.69) is 10.3 Å². The van der Waals surface area contributed by atoms with Gasteiger partial charge in [0.1, 0.15) is 11.1 Å². The van der Waals surface area contributed by atoms with Gasteiger partial charge < -0.3 is 0 Å². The second-order valence-electron chi connectivity index (χ2n) is 5.34. The molecule has 0 radical (unpaired) electrons. The van der Waals surface area contributed by atoms with E-state index in [1.54, 1.807) is 30.5 Å². The zero-order chi connectivity index (χ0) is 18.5. The van der Waals surface area contributed by atoms with E-state index in [1.165, 1.54) is 24.3 Å². The van der Waals surface area contributed by atoms with Gasteiger partial charge in [0.05, 0.1) is 11.4 Å². The first-order valence-corrected chi connectivity index (χ1v) is 8.54. The van der Waals surface area contributed by atoms with Crippen LogP contribution in [0, 0.1) is 17.3 Å². The number of hydrogen-bond acceptors (Lipinski definition) is 5. The molecule has 1 saturated heterocycles. The molecule has 1 aliphatic rings. The van der Waals surface area contributed by atoms with Crippen LogP contribution in [0.1, 0.15) is 6.42 Å². The van der Waals surface area contributed by atoms with Gasteiger partial charge in [0, 0.05) is 6.42 Å². The molecule has 2 aromatic carbocycles. The summed E-state index contributed by atoms with van der Waals surface area (Å²) in [5, 5.41) is 10.9. The zero-order valence-electron chi connectivity index (χ0n) is 13.4. The predicted octanol–water partition coefficient (Wildman–Crippen LogP) is 2.95. The molecule has 3 rings (SSSR count). The minimum atomic E-state index is -0.712. The van der Waals surface area contributed by atoms with Crippen molar-refractivity contribution < 1.29 is 14.0 Å². The van der Waals surface area contributed by atoms with Crippen molar-refractivity contribution in [1.29, 1.82) is 5.26 Å². The molecule has 6 nitrogen and oxygen atoms in total. The van der Waals surface area contributed by atoms with Gasteiger partial charge in [-0.05, 0) is 36.4 Å². The van der Waals surface area contributed by atoms with Crippen molar-refractivity contribution in [3.8, 4) is 6.19 Å². The number of carbonyl (C=O) groups is 2. The van der Waals surface area contributed by atoms with Crippen molar-refractivity contribution in [2.24, 2.45) is 4.99 Å². The number of imide groups is 1. The Hall–Kier alpha value is -3.18. The van der Waals surface area contributed by atoms with Gasteiger partial charge in [-0.1, -0.05) is 30.0 Å². The number of anilines is 1. The summed E-state index contributed by atoms with van der Waals surface area (Å²) in [6.07, 6.45) is 1.76. The van der Waals surface area contributed by atoms with Crippen molar-refractivity contribution >= 4 is 40.1 Å². The molecular weight excluding hydrogens is 355 g/mol. The van der Waals surface area contributed by atoms with E-state index in [4.69, 9.17) is 5.26 Å². The third-order valence-electron chi connectivity index (χ3n) is 3.59. The molecule has 8 heteroatoms. The van der Waals surface area contributed by atoms with Crippen molar-refractivity contribution in [3.05, 3.63) is 60.4 Å². The number of nitriles is 1. The monoisotopic (exact) mass is 368 g/mol. The quantitative estimate of drug-likeness (QED) is 0.296. The molecule has 1 aliphatic heterocycles. The number of thioether (sulfide) groups is 1. The fourth-order valence-corrected chi connectivity index (χ4v) is 3.41. The molecule has 130 valence electrons. The maximum atomic E-state index is 13.1. The molecule has 2 aromatic rings. The molecular formula is C18H13FN4O2S. The van der Waals surface area contributed by atoms with Crippen molar-refractivity contribution in [2.45, 2.75) is 11.7 Å². The first-order chi connectivity index (χ1) is 12.6. The molecule has 1 N–H and O–H groups in total. The molecule has 0 spiro atoms. The Balaban J connectivity index is 1.80. The fraction of sp³-hybridized carbons (Fsp3) is 0.111. The highest BCUT2D eigenvalue weighted by Gasteiger charge is 2.40. The Morgan fingerprint density at radius 2 is 1.88 bits per heavy atom. The number of benzene rings is 2. The number of amidine groups is 1. The SMILES string of the molecule is N#CNC(=Nc1ccccc1)S[C@@H]1CC(=O)N(c2ccc(F)cc2)C1=O. The van der Waals surface area contributed by atoms with E-state index in [0.717, 1.165) is 16.7 Å². The molecule has 0 aromatic heterocycles. The van der Waals surface area contributed by atoms with Gasteiger partial charge in [-0.3, -0.25) is 14.9 Å². The zero-order valence-corrected chi connectivity index (χ0v) is 14.2. The normalized spacial score (nSPS) is 17.3. The molecule has 0 saturated carbocycles. The summed E-state index contributed by atoms with van der Waals surface area (Å²) in [5.74, 6) is -1.25. The lowest BCUT2D eigenvalue weighted by Crippen LogP contribution is -2.32. The van der Waals surface area contributed by atoms with Gasteiger partial charge in [-0.25, -0.2) is 14.3 Å². The first kappa shape index (κ1) is 17.6. The Kier molecular flexibility index (Phi) is 5.29. The van der Waals surface area contributed by atoms with Crippen LogP contribution in [-0.2, 0) is 9.59 Å². The summed E-state index contributed by atoms with van der Waals surface area (Å²) in [4.78, 5) is 30.2. The standard InChI is InChI=1S/C18H13FN4O2S/c19-12-6-8-14(9-7-12)23-16(24)10-15(17(23)25)26-18(21-11-20)22-13-4-2-1-3-5-13/h1-9,15H,10H2,(H,21,22)/t15-/m1/s1. The summed E-state index contributed by atoms with van der Waals surface area (Å²) in [7, 11) is 0. The minimum absolute atomic E-state index is 0.0260. The number of carbonyl (C=O) groups excluding carboxylic acids is 2. The molecule has 0 unspecified atom stereocenters. The first-order valence-electron chi connectivity index (χ1n) is 7.66. The Bertz CT molecular complexity index is 894. The Morgan fingerprint density at radius 1 is 1.19 bits per heavy atom. The average molecular weight is 368 g/mol. The number of para-hydroxylation sites is 1. The van der Waals surface area contributed by atoms with Crippen LogP contribution in [0.25, 0.3) is 0 Å². The maximum Gasteiger partial charge on any atom is 0.247 e. The van der Waals surface area contributed by atoms with Crippen LogP contribution in [0.5, 0.6) is 0 Å². The smallest absolute Gasteiger partial charge is 0.247 e. The van der Waals surface area contributed by atoms with Crippen LogP contribution < -0.4 is 10.2 Å². The molecule has 0 aliphatic carbocycles. The molecule has 26 heavy (non-hydrogen) atoms. The van der Waals surface area contributed by atoms with E-state index >= 15 is 0 Å². The number of nitrogens with zero attached hydrogens (tertiary/aromatic N) is 3. The van der Waals surface area contributed by atoms with Crippen LogP contribution in [0.4, 0.5) is 15.8 Å². The number of halogens is 1. The molecule has 0 bridgehead atoms. The average Bonchev–Trinajstić information content (AvgIpc) is 2.91. The van der Waals surface area contributed by atoms with Crippen LogP contribution in [0.2, 0.25) is 0 Å². The van der Waals surface area contributed by atoms with Gasteiger partial charge in [-0.2, -0.15) is 5.26 Å². The van der Waals surface area contributed by atoms with Gasteiger partial charge in [-0.15, -0.1) is 0 Å². The lowest BCUT2D eigenvalue weighted by atomic mass is 10.3. The van der Waals surface area contributed by atoms with Crippen LogP contribution >= 0.6 is 11.8 Å². The summed E-state index contributed by atoms with van der Waals surface area (Å²) in [5.41, 5.74) is 0.934. The van der Waals surface area contributed by atoms with E-state index < -0.39 is 17.0 Å². The van der Waals surface area contributed by atoms with Crippen molar-refractivity contribution in [1.82, 2.24) is 5.32 Å². The minimum Gasteiger partial charge on any atom is -0.274 e. The summed E-state index contributed by atoms with van der Waals surface area (Å²) in [6, 6.07) is 14.1. The number of rotatable bonds is 3. The van der Waals surface area contributed by atoms with Crippen LogP contribution in [0.3, 0.4) is 0 Å².